The van der Waals surface area contributed by atoms with E-state index < -0.39 is 5.60 Å². The van der Waals surface area contributed by atoms with Crippen molar-refractivity contribution in [2.45, 2.75) is 58.1 Å². The third-order valence-corrected chi connectivity index (χ3v) is 5.91. The molecule has 0 saturated carbocycles. The molecule has 30 heavy (non-hydrogen) atoms. The number of nitrogens with zero attached hydrogens (tertiary/aromatic N) is 2. The Hall–Kier alpha value is -2.44. The maximum absolute atomic E-state index is 13.4. The van der Waals surface area contributed by atoms with E-state index in [0.29, 0.717) is 26.3 Å². The molecular formula is C23H32N2O5. The number of rotatable bonds is 2. The molecule has 1 aromatic carbocycles. The number of carbonyl (C=O) groups is 2. The fraction of sp³-hybridized carbons (Fsp3) is 0.652. The van der Waals surface area contributed by atoms with Crippen LogP contribution in [0, 0.1) is 5.92 Å². The quantitative estimate of drug-likeness (QED) is 0.734. The van der Waals surface area contributed by atoms with E-state index in [4.69, 9.17) is 14.2 Å². The van der Waals surface area contributed by atoms with Crippen molar-refractivity contribution in [3.8, 4) is 11.5 Å². The Morgan fingerprint density at radius 3 is 2.53 bits per heavy atom. The third kappa shape index (κ3) is 4.50. The van der Waals surface area contributed by atoms with Gasteiger partial charge in [-0.3, -0.25) is 4.79 Å². The second kappa shape index (κ2) is 8.36. The molecule has 3 heterocycles. The summed E-state index contributed by atoms with van der Waals surface area (Å²) in [5.41, 5.74) is 0.552. The Labute approximate surface area is 178 Å². The van der Waals surface area contributed by atoms with Gasteiger partial charge in [0.15, 0.2) is 11.5 Å². The first kappa shape index (κ1) is 20.8. The molecule has 1 aromatic rings. The van der Waals surface area contributed by atoms with E-state index in [9.17, 15) is 9.59 Å². The third-order valence-electron chi connectivity index (χ3n) is 5.91. The molecule has 7 heteroatoms. The van der Waals surface area contributed by atoms with E-state index in [-0.39, 0.29) is 24.0 Å². The molecule has 0 radical (unpaired) electrons. The minimum atomic E-state index is -0.535. The molecule has 0 aromatic heterocycles. The van der Waals surface area contributed by atoms with E-state index in [1.165, 1.54) is 0 Å². The Morgan fingerprint density at radius 1 is 1.03 bits per heavy atom. The molecule has 164 valence electrons. The van der Waals surface area contributed by atoms with Crippen LogP contribution in [0.2, 0.25) is 0 Å². The monoisotopic (exact) mass is 416 g/mol. The van der Waals surface area contributed by atoms with Crippen molar-refractivity contribution in [1.82, 2.24) is 9.80 Å². The summed E-state index contributed by atoms with van der Waals surface area (Å²) in [7, 11) is 0. The van der Waals surface area contributed by atoms with Gasteiger partial charge in [0.1, 0.15) is 18.8 Å². The van der Waals surface area contributed by atoms with Gasteiger partial charge in [-0.15, -0.1) is 0 Å². The Morgan fingerprint density at radius 2 is 1.77 bits per heavy atom. The molecule has 0 bridgehead atoms. The van der Waals surface area contributed by atoms with Gasteiger partial charge in [0.25, 0.3) is 0 Å². The fourth-order valence-electron chi connectivity index (χ4n) is 4.55. The Balaban J connectivity index is 1.45. The van der Waals surface area contributed by atoms with Gasteiger partial charge in [-0.1, -0.05) is 6.07 Å². The number of ether oxygens (including phenoxy) is 3. The minimum Gasteiger partial charge on any atom is -0.486 e. The van der Waals surface area contributed by atoms with Crippen LogP contribution in [0.15, 0.2) is 18.2 Å². The summed E-state index contributed by atoms with van der Waals surface area (Å²) < 4.78 is 16.9. The zero-order valence-electron chi connectivity index (χ0n) is 18.2. The Kier molecular flexibility index (Phi) is 5.80. The molecule has 2 unspecified atom stereocenters. The van der Waals surface area contributed by atoms with Crippen LogP contribution in [0.1, 0.15) is 58.1 Å². The second-order valence-electron chi connectivity index (χ2n) is 9.36. The predicted molar refractivity (Wildman–Crippen MR) is 112 cm³/mol. The van der Waals surface area contributed by atoms with Crippen LogP contribution < -0.4 is 9.47 Å². The minimum absolute atomic E-state index is 0.0465. The van der Waals surface area contributed by atoms with Crippen molar-refractivity contribution >= 4 is 12.0 Å². The fourth-order valence-corrected chi connectivity index (χ4v) is 4.55. The summed E-state index contributed by atoms with van der Waals surface area (Å²) in [6, 6.07) is 6.04. The number of carbonyl (C=O) groups excluding carboxylic acids is 2. The molecule has 3 aliphatic rings. The van der Waals surface area contributed by atoms with Crippen LogP contribution in [0.4, 0.5) is 4.79 Å². The molecule has 2 saturated heterocycles. The highest BCUT2D eigenvalue weighted by molar-refractivity contribution is 5.81. The number of likely N-dealkylation sites (tertiary alicyclic amines) is 2. The van der Waals surface area contributed by atoms with Crippen molar-refractivity contribution in [3.05, 3.63) is 23.8 Å². The molecule has 3 aliphatic heterocycles. The molecule has 2 amide bonds. The van der Waals surface area contributed by atoms with E-state index in [0.717, 1.165) is 49.3 Å². The lowest BCUT2D eigenvalue weighted by molar-refractivity contribution is -0.138. The van der Waals surface area contributed by atoms with E-state index >= 15 is 0 Å². The van der Waals surface area contributed by atoms with Gasteiger partial charge in [-0.25, -0.2) is 4.79 Å². The maximum Gasteiger partial charge on any atom is 0.410 e. The summed E-state index contributed by atoms with van der Waals surface area (Å²) in [6.07, 6.45) is 3.21. The van der Waals surface area contributed by atoms with Gasteiger partial charge < -0.3 is 24.0 Å². The second-order valence-corrected chi connectivity index (χ2v) is 9.36. The van der Waals surface area contributed by atoms with Crippen LogP contribution in [0.3, 0.4) is 0 Å². The molecule has 2 atom stereocenters. The van der Waals surface area contributed by atoms with Crippen LogP contribution in [0.5, 0.6) is 11.5 Å². The van der Waals surface area contributed by atoms with Crippen LogP contribution in [-0.4, -0.2) is 60.2 Å². The van der Waals surface area contributed by atoms with Gasteiger partial charge in [-0.05, 0) is 64.2 Å². The molecule has 0 N–H and O–H groups in total. The zero-order chi connectivity index (χ0) is 21.3. The number of hydrogen-bond donors (Lipinski definition) is 0. The highest BCUT2D eigenvalue weighted by Crippen LogP contribution is 2.39. The van der Waals surface area contributed by atoms with Gasteiger partial charge in [0.2, 0.25) is 5.91 Å². The van der Waals surface area contributed by atoms with Crippen molar-refractivity contribution in [2.24, 2.45) is 5.92 Å². The molecular weight excluding hydrogens is 384 g/mol. The molecule has 0 aliphatic carbocycles. The van der Waals surface area contributed by atoms with Crippen molar-refractivity contribution in [1.29, 1.82) is 0 Å². The highest BCUT2D eigenvalue weighted by Gasteiger charge is 2.37. The summed E-state index contributed by atoms with van der Waals surface area (Å²) in [6.45, 7) is 8.52. The summed E-state index contributed by atoms with van der Waals surface area (Å²) in [5, 5.41) is 0. The lowest BCUT2D eigenvalue weighted by atomic mass is 9.95. The van der Waals surface area contributed by atoms with Gasteiger partial charge in [-0.2, -0.15) is 0 Å². The molecule has 4 rings (SSSR count). The summed E-state index contributed by atoms with van der Waals surface area (Å²) in [4.78, 5) is 29.6. The largest absolute Gasteiger partial charge is 0.486 e. The normalized spacial score (nSPS) is 24.0. The smallest absolute Gasteiger partial charge is 0.410 e. The average Bonchev–Trinajstić information content (AvgIpc) is 3.21. The molecule has 0 spiro atoms. The van der Waals surface area contributed by atoms with Gasteiger partial charge >= 0.3 is 6.09 Å². The van der Waals surface area contributed by atoms with Gasteiger partial charge in [0.05, 0.1) is 12.0 Å². The SMILES string of the molecule is CC(C)(C)OC(=O)N1CCCC(C(=O)N2CCCC2c2ccc3c(c2)OCCO3)C1. The lowest BCUT2D eigenvalue weighted by Crippen LogP contribution is -2.47. The lowest BCUT2D eigenvalue weighted by Gasteiger charge is -2.36. The van der Waals surface area contributed by atoms with Crippen LogP contribution in [0.25, 0.3) is 0 Å². The van der Waals surface area contributed by atoms with Crippen LogP contribution in [-0.2, 0) is 9.53 Å². The van der Waals surface area contributed by atoms with E-state index in [1.807, 2.05) is 43.9 Å². The van der Waals surface area contributed by atoms with Crippen molar-refractivity contribution in [2.75, 3.05) is 32.8 Å². The summed E-state index contributed by atoms with van der Waals surface area (Å²) >= 11 is 0. The predicted octanol–water partition coefficient (Wildman–Crippen LogP) is 3.77. The number of amides is 2. The number of piperidine rings is 1. The zero-order valence-corrected chi connectivity index (χ0v) is 18.2. The highest BCUT2D eigenvalue weighted by atomic mass is 16.6. The van der Waals surface area contributed by atoms with Crippen LogP contribution >= 0.6 is 0 Å². The topological polar surface area (TPSA) is 68.3 Å². The first-order valence-electron chi connectivity index (χ1n) is 11.0. The van der Waals surface area contributed by atoms with Crippen molar-refractivity contribution in [3.63, 3.8) is 0 Å². The standard InChI is InChI=1S/C23H32N2O5/c1-23(2,3)30-22(27)24-10-4-6-17(15-24)21(26)25-11-5-7-18(25)16-8-9-19-20(14-16)29-13-12-28-19/h8-9,14,17-18H,4-7,10-13,15H2,1-3H3. The van der Waals surface area contributed by atoms with Crippen molar-refractivity contribution < 1.29 is 23.8 Å². The molecule has 7 nitrogen and oxygen atoms in total. The number of fused-ring (bicyclic) bond motifs is 1. The first-order chi connectivity index (χ1) is 14.3. The average molecular weight is 417 g/mol. The summed E-state index contributed by atoms with van der Waals surface area (Å²) in [5.74, 6) is 1.48. The first-order valence-corrected chi connectivity index (χ1v) is 11.0. The van der Waals surface area contributed by atoms with E-state index in [2.05, 4.69) is 0 Å². The number of benzene rings is 1. The maximum atomic E-state index is 13.4. The number of hydrogen-bond acceptors (Lipinski definition) is 5. The van der Waals surface area contributed by atoms with E-state index in [1.54, 1.807) is 4.90 Å². The van der Waals surface area contributed by atoms with Gasteiger partial charge in [0, 0.05) is 19.6 Å². The molecule has 2 fully saturated rings. The Bertz CT molecular complexity index is 803.